The number of carbonyl (C=O) groups excluding carboxylic acids is 1. The Morgan fingerprint density at radius 1 is 1.44 bits per heavy atom. The quantitative estimate of drug-likeness (QED) is 0.808. The van der Waals surface area contributed by atoms with Gasteiger partial charge in [-0.3, -0.25) is 4.79 Å². The fourth-order valence-electron chi connectivity index (χ4n) is 1.34. The molecule has 0 aromatic heterocycles. The van der Waals surface area contributed by atoms with Crippen molar-refractivity contribution < 1.29 is 4.79 Å². The van der Waals surface area contributed by atoms with Crippen LogP contribution in [0.3, 0.4) is 0 Å². The Hall–Kier alpha value is -1.40. The number of hydrogen-bond acceptors (Lipinski definition) is 2. The van der Waals surface area contributed by atoms with Crippen LogP contribution in [0.1, 0.15) is 18.1 Å². The summed E-state index contributed by atoms with van der Waals surface area (Å²) in [6.45, 7) is 2.19. The summed E-state index contributed by atoms with van der Waals surface area (Å²) in [4.78, 5) is 11.1. The molecule has 0 bridgehead atoms. The van der Waals surface area contributed by atoms with E-state index in [1.165, 1.54) is 5.56 Å². The molecule has 1 amide bonds. The molecule has 0 fully saturated rings. The van der Waals surface area contributed by atoms with E-state index in [1.807, 2.05) is 12.1 Å². The van der Waals surface area contributed by atoms with Crippen LogP contribution in [-0.2, 0) is 17.1 Å². The molecule has 1 aromatic carbocycles. The van der Waals surface area contributed by atoms with Gasteiger partial charge in [-0.25, -0.2) is 0 Å². The highest BCUT2D eigenvalue weighted by molar-refractivity contribution is 7.97. The lowest BCUT2D eigenvalue weighted by Gasteiger charge is -2.04. The molecule has 2 nitrogen and oxygen atoms in total. The van der Waals surface area contributed by atoms with E-state index in [4.69, 9.17) is 0 Å². The minimum Gasteiger partial charge on any atom is -0.341 e. The first kappa shape index (κ1) is 12.7. The van der Waals surface area contributed by atoms with Gasteiger partial charge >= 0.3 is 0 Å². The summed E-state index contributed by atoms with van der Waals surface area (Å²) < 4.78 is 0. The Bertz CT molecular complexity index is 417. The first-order chi connectivity index (χ1) is 7.76. The molecule has 1 aromatic rings. The maximum atomic E-state index is 11.1. The summed E-state index contributed by atoms with van der Waals surface area (Å²) in [5.74, 6) is 5.79. The number of thioether (sulfide) groups is 1. The van der Waals surface area contributed by atoms with E-state index < -0.39 is 0 Å². The number of benzene rings is 1. The van der Waals surface area contributed by atoms with Gasteiger partial charge < -0.3 is 5.32 Å². The molecule has 1 rings (SSSR count). The standard InChI is InChI=1S/C13H15NOS/c1-3-5-13(15)14-9-11-6-4-7-12(8-11)10-16-2/h4,6-8H,9-10H2,1-2H3,(H,14,15). The van der Waals surface area contributed by atoms with Crippen molar-refractivity contribution in [3.05, 3.63) is 35.4 Å². The summed E-state index contributed by atoms with van der Waals surface area (Å²) in [6, 6.07) is 8.21. The van der Waals surface area contributed by atoms with Crippen molar-refractivity contribution in [3.8, 4) is 11.8 Å². The van der Waals surface area contributed by atoms with Crippen LogP contribution in [0.25, 0.3) is 0 Å². The minimum atomic E-state index is -0.224. The molecular weight excluding hydrogens is 218 g/mol. The van der Waals surface area contributed by atoms with Crippen molar-refractivity contribution in [2.75, 3.05) is 6.26 Å². The maximum Gasteiger partial charge on any atom is 0.296 e. The van der Waals surface area contributed by atoms with Crippen molar-refractivity contribution in [1.82, 2.24) is 5.32 Å². The normalized spacial score (nSPS) is 9.12. The summed E-state index contributed by atoms with van der Waals surface area (Å²) in [5.41, 5.74) is 2.39. The Morgan fingerprint density at radius 3 is 2.88 bits per heavy atom. The smallest absolute Gasteiger partial charge is 0.296 e. The number of hydrogen-bond donors (Lipinski definition) is 1. The van der Waals surface area contributed by atoms with Gasteiger partial charge in [0, 0.05) is 12.3 Å². The van der Waals surface area contributed by atoms with E-state index >= 15 is 0 Å². The molecule has 0 spiro atoms. The summed E-state index contributed by atoms with van der Waals surface area (Å²) in [7, 11) is 0. The van der Waals surface area contributed by atoms with Crippen molar-refractivity contribution in [2.45, 2.75) is 19.2 Å². The Balaban J connectivity index is 2.55. The second kappa shape index (κ2) is 6.97. The molecule has 0 aliphatic carbocycles. The largest absolute Gasteiger partial charge is 0.341 e. The van der Waals surface area contributed by atoms with Gasteiger partial charge in [0.1, 0.15) is 0 Å². The zero-order valence-corrected chi connectivity index (χ0v) is 10.4. The van der Waals surface area contributed by atoms with E-state index in [0.29, 0.717) is 6.54 Å². The lowest BCUT2D eigenvalue weighted by atomic mass is 10.1. The van der Waals surface area contributed by atoms with Gasteiger partial charge in [-0.2, -0.15) is 11.8 Å². The first-order valence-electron chi connectivity index (χ1n) is 5.03. The van der Waals surface area contributed by atoms with E-state index in [9.17, 15) is 4.79 Å². The fourth-order valence-corrected chi connectivity index (χ4v) is 1.85. The summed E-state index contributed by atoms with van der Waals surface area (Å²) >= 11 is 1.79. The van der Waals surface area contributed by atoms with E-state index in [0.717, 1.165) is 11.3 Å². The highest BCUT2D eigenvalue weighted by atomic mass is 32.2. The van der Waals surface area contributed by atoms with Crippen LogP contribution >= 0.6 is 11.8 Å². The number of rotatable bonds is 4. The molecule has 0 heterocycles. The highest BCUT2D eigenvalue weighted by Crippen LogP contribution is 2.11. The van der Waals surface area contributed by atoms with E-state index in [1.54, 1.807) is 18.7 Å². The number of nitrogens with one attached hydrogen (secondary N) is 1. The van der Waals surface area contributed by atoms with Gasteiger partial charge in [-0.1, -0.05) is 30.2 Å². The Kier molecular flexibility index (Phi) is 5.52. The molecule has 0 saturated carbocycles. The predicted octanol–water partition coefficient (Wildman–Crippen LogP) is 2.19. The van der Waals surface area contributed by atoms with Crippen LogP contribution in [0.5, 0.6) is 0 Å². The van der Waals surface area contributed by atoms with E-state index in [-0.39, 0.29) is 5.91 Å². The Morgan fingerprint density at radius 2 is 2.19 bits per heavy atom. The van der Waals surface area contributed by atoms with Crippen LogP contribution in [-0.4, -0.2) is 12.2 Å². The molecule has 0 atom stereocenters. The second-order valence-corrected chi connectivity index (χ2v) is 4.18. The average Bonchev–Trinajstić information content (AvgIpc) is 2.28. The first-order valence-corrected chi connectivity index (χ1v) is 6.43. The molecule has 84 valence electrons. The Labute approximate surface area is 101 Å². The molecular formula is C13H15NOS. The van der Waals surface area contributed by atoms with E-state index in [2.05, 4.69) is 35.5 Å². The van der Waals surface area contributed by atoms with Gasteiger partial charge in [0.15, 0.2) is 0 Å². The topological polar surface area (TPSA) is 29.1 Å². The monoisotopic (exact) mass is 233 g/mol. The van der Waals surface area contributed by atoms with Crippen molar-refractivity contribution in [1.29, 1.82) is 0 Å². The third-order valence-corrected chi connectivity index (χ3v) is 2.62. The zero-order chi connectivity index (χ0) is 11.8. The molecule has 0 aliphatic rings. The van der Waals surface area contributed by atoms with Gasteiger partial charge in [0.05, 0.1) is 0 Å². The lowest BCUT2D eigenvalue weighted by molar-refractivity contribution is -0.115. The lowest BCUT2D eigenvalue weighted by Crippen LogP contribution is -2.20. The molecule has 0 aliphatic heterocycles. The van der Waals surface area contributed by atoms with Crippen LogP contribution in [0, 0.1) is 11.8 Å². The predicted molar refractivity (Wildman–Crippen MR) is 69.0 cm³/mol. The zero-order valence-electron chi connectivity index (χ0n) is 9.54. The molecule has 0 radical (unpaired) electrons. The van der Waals surface area contributed by atoms with Crippen LogP contribution < -0.4 is 5.32 Å². The number of amides is 1. The van der Waals surface area contributed by atoms with Crippen molar-refractivity contribution >= 4 is 17.7 Å². The van der Waals surface area contributed by atoms with Gasteiger partial charge in [-0.05, 0) is 30.2 Å². The van der Waals surface area contributed by atoms with Gasteiger partial charge in [-0.15, -0.1) is 0 Å². The van der Waals surface area contributed by atoms with Crippen LogP contribution in [0.2, 0.25) is 0 Å². The van der Waals surface area contributed by atoms with Crippen molar-refractivity contribution in [3.63, 3.8) is 0 Å². The molecule has 0 saturated heterocycles. The summed E-state index contributed by atoms with van der Waals surface area (Å²) in [5, 5.41) is 2.75. The second-order valence-electron chi connectivity index (χ2n) is 3.31. The number of carbonyl (C=O) groups is 1. The van der Waals surface area contributed by atoms with Crippen LogP contribution in [0.4, 0.5) is 0 Å². The highest BCUT2D eigenvalue weighted by Gasteiger charge is 1.98. The molecule has 0 unspecified atom stereocenters. The third-order valence-electron chi connectivity index (χ3n) is 1.99. The maximum absolute atomic E-state index is 11.1. The van der Waals surface area contributed by atoms with Gasteiger partial charge in [0.25, 0.3) is 5.91 Å². The molecule has 3 heteroatoms. The fraction of sp³-hybridized carbons (Fsp3) is 0.308. The summed E-state index contributed by atoms with van der Waals surface area (Å²) in [6.07, 6.45) is 2.07. The molecule has 16 heavy (non-hydrogen) atoms. The minimum absolute atomic E-state index is 0.224. The van der Waals surface area contributed by atoms with Crippen LogP contribution in [0.15, 0.2) is 24.3 Å². The van der Waals surface area contributed by atoms with Gasteiger partial charge in [0.2, 0.25) is 0 Å². The van der Waals surface area contributed by atoms with Crippen molar-refractivity contribution in [2.24, 2.45) is 0 Å². The third kappa shape index (κ3) is 4.41. The average molecular weight is 233 g/mol. The SMILES string of the molecule is CC#CC(=O)NCc1cccc(CSC)c1. The molecule has 1 N–H and O–H groups in total.